The highest BCUT2D eigenvalue weighted by Gasteiger charge is 2.36. The number of fused-ring (bicyclic) bond motifs is 2. The van der Waals surface area contributed by atoms with E-state index in [1.807, 2.05) is 19.2 Å². The Labute approximate surface area is 206 Å². The summed E-state index contributed by atoms with van der Waals surface area (Å²) in [6.07, 6.45) is -3.04. The number of thiophene rings is 1. The highest BCUT2D eigenvalue weighted by atomic mass is 35.5. The van der Waals surface area contributed by atoms with Gasteiger partial charge in [-0.3, -0.25) is 4.79 Å². The molecule has 0 radical (unpaired) electrons. The number of alkyl halides is 3. The first-order chi connectivity index (χ1) is 16.2. The molecule has 2 aliphatic heterocycles. The van der Waals surface area contributed by atoms with E-state index in [-0.39, 0.29) is 22.4 Å². The molecule has 0 saturated carbocycles. The van der Waals surface area contributed by atoms with E-state index in [9.17, 15) is 18.0 Å². The van der Waals surface area contributed by atoms with Crippen LogP contribution in [0.4, 0.5) is 24.8 Å². The molecule has 4 heterocycles. The Hall–Kier alpha value is -2.34. The van der Waals surface area contributed by atoms with E-state index in [1.54, 1.807) is 6.07 Å². The Morgan fingerprint density at radius 2 is 2.06 bits per heavy atom. The third-order valence-corrected chi connectivity index (χ3v) is 8.24. The van der Waals surface area contributed by atoms with Gasteiger partial charge < -0.3 is 15.5 Å². The molecule has 178 valence electrons. The van der Waals surface area contributed by atoms with Crippen LogP contribution in [0, 0.1) is 0 Å². The van der Waals surface area contributed by atoms with Crippen LogP contribution in [0.5, 0.6) is 0 Å². The number of benzene rings is 1. The normalized spacial score (nSPS) is 16.4. The van der Waals surface area contributed by atoms with Gasteiger partial charge in [0.1, 0.15) is 10.4 Å². The van der Waals surface area contributed by atoms with Gasteiger partial charge in [-0.25, -0.2) is 9.97 Å². The molecule has 1 aromatic carbocycles. The Balaban J connectivity index is 1.53. The summed E-state index contributed by atoms with van der Waals surface area (Å²) in [6, 6.07) is 5.37. The molecule has 12 heteroatoms. The number of anilines is 2. The molecule has 0 bridgehead atoms. The number of carbonyl (C=O) groups is 1. The number of hydrogen-bond acceptors (Lipinski definition) is 7. The molecule has 34 heavy (non-hydrogen) atoms. The number of amides is 1. The zero-order valence-electron chi connectivity index (χ0n) is 17.9. The SMILES string of the molecule is CN1CCc2cc(Nc3ncc(C(F)(F)F)c(-c4cc5c(s4)C(=O)NCCS5)n3)c(Cl)cc2C1. The Morgan fingerprint density at radius 1 is 1.24 bits per heavy atom. The predicted octanol–water partition coefficient (Wildman–Crippen LogP) is 5.44. The molecule has 0 spiro atoms. The average Bonchev–Trinajstić information content (AvgIpc) is 3.13. The van der Waals surface area contributed by atoms with E-state index >= 15 is 0 Å². The van der Waals surface area contributed by atoms with Gasteiger partial charge in [-0.15, -0.1) is 23.1 Å². The largest absolute Gasteiger partial charge is 0.420 e. The molecule has 0 saturated heterocycles. The van der Waals surface area contributed by atoms with Crippen molar-refractivity contribution in [2.45, 2.75) is 24.0 Å². The van der Waals surface area contributed by atoms with Crippen molar-refractivity contribution in [1.82, 2.24) is 20.2 Å². The van der Waals surface area contributed by atoms with Crippen molar-refractivity contribution in [3.05, 3.63) is 51.0 Å². The van der Waals surface area contributed by atoms with Crippen molar-refractivity contribution in [2.24, 2.45) is 0 Å². The fourth-order valence-electron chi connectivity index (χ4n) is 3.94. The second-order valence-electron chi connectivity index (χ2n) is 8.08. The number of rotatable bonds is 3. The van der Waals surface area contributed by atoms with Gasteiger partial charge in [0.05, 0.1) is 21.3 Å². The van der Waals surface area contributed by atoms with Crippen LogP contribution in [0.25, 0.3) is 10.6 Å². The highest BCUT2D eigenvalue weighted by molar-refractivity contribution is 7.99. The Morgan fingerprint density at radius 3 is 2.85 bits per heavy atom. The van der Waals surface area contributed by atoms with Crippen molar-refractivity contribution in [3.8, 4) is 10.6 Å². The second-order valence-corrected chi connectivity index (χ2v) is 10.7. The maximum atomic E-state index is 13.8. The third kappa shape index (κ3) is 4.61. The van der Waals surface area contributed by atoms with Gasteiger partial charge in [-0.2, -0.15) is 13.2 Å². The average molecular weight is 526 g/mol. The molecule has 5 rings (SSSR count). The van der Waals surface area contributed by atoms with Gasteiger partial charge in [-0.1, -0.05) is 11.6 Å². The number of thioether (sulfide) groups is 1. The molecule has 0 atom stereocenters. The summed E-state index contributed by atoms with van der Waals surface area (Å²) < 4.78 is 41.4. The van der Waals surface area contributed by atoms with Gasteiger partial charge in [0.15, 0.2) is 0 Å². The standard InChI is InChI=1S/C22H19ClF3N5OS2/c1-31-4-2-11-7-15(14(23)6-12(11)10-31)29-21-28-9-13(22(24,25)26)18(30-21)16-8-17-19(34-16)20(32)27-3-5-33-17/h6-9H,2-5,10H2,1H3,(H,27,32)(H,28,29,30). The van der Waals surface area contributed by atoms with Gasteiger partial charge in [0.2, 0.25) is 5.95 Å². The molecule has 3 aromatic rings. The van der Waals surface area contributed by atoms with E-state index in [0.717, 1.165) is 48.2 Å². The molecule has 0 fully saturated rings. The summed E-state index contributed by atoms with van der Waals surface area (Å²) in [5.41, 5.74) is 1.55. The van der Waals surface area contributed by atoms with Crippen LogP contribution in [0.15, 0.2) is 29.3 Å². The summed E-state index contributed by atoms with van der Waals surface area (Å²) in [6.45, 7) is 2.20. The van der Waals surface area contributed by atoms with Gasteiger partial charge in [0, 0.05) is 36.5 Å². The molecular weight excluding hydrogens is 507 g/mol. The van der Waals surface area contributed by atoms with Gasteiger partial charge in [-0.05, 0) is 42.8 Å². The van der Waals surface area contributed by atoms with Crippen LogP contribution in [-0.4, -0.2) is 46.7 Å². The summed E-state index contributed by atoms with van der Waals surface area (Å²) in [4.78, 5) is 23.9. The summed E-state index contributed by atoms with van der Waals surface area (Å²) in [5.74, 6) is 0.353. The predicted molar refractivity (Wildman–Crippen MR) is 128 cm³/mol. The molecule has 2 aliphatic rings. The van der Waals surface area contributed by atoms with Crippen molar-refractivity contribution >= 4 is 52.2 Å². The minimum absolute atomic E-state index is 0.00141. The third-order valence-electron chi connectivity index (χ3n) is 5.62. The van der Waals surface area contributed by atoms with Crippen molar-refractivity contribution < 1.29 is 18.0 Å². The lowest BCUT2D eigenvalue weighted by atomic mass is 9.99. The summed E-state index contributed by atoms with van der Waals surface area (Å²) in [7, 11) is 2.03. The van der Waals surface area contributed by atoms with E-state index < -0.39 is 11.7 Å². The van der Waals surface area contributed by atoms with Crippen molar-refractivity contribution in [2.75, 3.05) is 31.2 Å². The number of likely N-dealkylation sites (N-methyl/N-ethyl adjacent to an activating group) is 1. The van der Waals surface area contributed by atoms with Crippen molar-refractivity contribution in [3.63, 3.8) is 0 Å². The number of halogens is 4. The lowest BCUT2D eigenvalue weighted by molar-refractivity contribution is -0.137. The topological polar surface area (TPSA) is 70.2 Å². The van der Waals surface area contributed by atoms with E-state index in [0.29, 0.717) is 32.8 Å². The van der Waals surface area contributed by atoms with Crippen LogP contribution in [-0.2, 0) is 19.1 Å². The van der Waals surface area contributed by atoms with E-state index in [2.05, 4.69) is 25.5 Å². The van der Waals surface area contributed by atoms with Crippen molar-refractivity contribution in [1.29, 1.82) is 0 Å². The molecule has 0 unspecified atom stereocenters. The first kappa shape index (κ1) is 23.4. The first-order valence-electron chi connectivity index (χ1n) is 10.5. The smallest absolute Gasteiger partial charge is 0.350 e. The fourth-order valence-corrected chi connectivity index (χ4v) is 6.37. The van der Waals surface area contributed by atoms with Gasteiger partial charge in [0.25, 0.3) is 5.91 Å². The zero-order chi connectivity index (χ0) is 24.0. The summed E-state index contributed by atoms with van der Waals surface area (Å²) in [5, 5.41) is 6.18. The number of aromatic nitrogens is 2. The molecule has 2 N–H and O–H groups in total. The Kier molecular flexibility index (Phi) is 6.21. The van der Waals surface area contributed by atoms with Gasteiger partial charge >= 0.3 is 6.18 Å². The lowest BCUT2D eigenvalue weighted by Gasteiger charge is -2.26. The van der Waals surface area contributed by atoms with Crippen LogP contribution in [0.2, 0.25) is 5.02 Å². The van der Waals surface area contributed by atoms with Crippen LogP contribution < -0.4 is 10.6 Å². The molecule has 2 aromatic heterocycles. The minimum atomic E-state index is -4.65. The molecule has 0 aliphatic carbocycles. The monoisotopic (exact) mass is 525 g/mol. The minimum Gasteiger partial charge on any atom is -0.350 e. The maximum absolute atomic E-state index is 13.8. The number of hydrogen-bond donors (Lipinski definition) is 2. The molecular formula is C22H19ClF3N5OS2. The quantitative estimate of drug-likeness (QED) is 0.474. The number of nitrogens with zero attached hydrogens (tertiary/aromatic N) is 3. The summed E-state index contributed by atoms with van der Waals surface area (Å²) >= 11 is 8.88. The first-order valence-corrected chi connectivity index (χ1v) is 12.6. The highest BCUT2D eigenvalue weighted by Crippen LogP contribution is 2.42. The Bertz CT molecular complexity index is 1280. The van der Waals surface area contributed by atoms with E-state index in [1.165, 1.54) is 11.8 Å². The zero-order valence-corrected chi connectivity index (χ0v) is 20.3. The fraction of sp³-hybridized carbons (Fsp3) is 0.318. The maximum Gasteiger partial charge on any atom is 0.420 e. The van der Waals surface area contributed by atoms with E-state index in [4.69, 9.17) is 11.6 Å². The molecule has 1 amide bonds. The molecule has 6 nitrogen and oxygen atoms in total. The number of nitrogens with one attached hydrogen (secondary N) is 2. The van der Waals surface area contributed by atoms with Crippen LogP contribution in [0.1, 0.15) is 26.4 Å². The second kappa shape index (κ2) is 9.03. The lowest BCUT2D eigenvalue weighted by Crippen LogP contribution is -2.26. The van der Waals surface area contributed by atoms with Crippen LogP contribution >= 0.6 is 34.7 Å². The number of carbonyl (C=O) groups excluding carboxylic acids is 1. The van der Waals surface area contributed by atoms with Crippen LogP contribution in [0.3, 0.4) is 0 Å².